The molecule has 0 saturated heterocycles. The fourth-order valence-electron chi connectivity index (χ4n) is 2.45. The van der Waals surface area contributed by atoms with E-state index < -0.39 is 0 Å². The van der Waals surface area contributed by atoms with Crippen molar-refractivity contribution >= 4 is 5.91 Å². The lowest BCUT2D eigenvalue weighted by molar-refractivity contribution is -0.122. The third-order valence-electron chi connectivity index (χ3n) is 3.85. The average Bonchev–Trinajstić information content (AvgIpc) is 2.37. The zero-order valence-electron chi connectivity index (χ0n) is 10.9. The van der Waals surface area contributed by atoms with Crippen LogP contribution in [0.1, 0.15) is 45.4 Å². The van der Waals surface area contributed by atoms with E-state index in [1.165, 1.54) is 6.42 Å². The van der Waals surface area contributed by atoms with Crippen molar-refractivity contribution < 1.29 is 9.90 Å². The minimum atomic E-state index is -0.0696. The van der Waals surface area contributed by atoms with Gasteiger partial charge in [-0.25, -0.2) is 0 Å². The van der Waals surface area contributed by atoms with E-state index in [9.17, 15) is 9.90 Å². The molecule has 0 aromatic carbocycles. The van der Waals surface area contributed by atoms with E-state index in [-0.39, 0.29) is 23.8 Å². The normalized spacial score (nSPS) is 20.9. The Morgan fingerprint density at radius 2 is 2.06 bits per heavy atom. The van der Waals surface area contributed by atoms with E-state index in [1.54, 1.807) is 0 Å². The Morgan fingerprint density at radius 1 is 1.41 bits per heavy atom. The van der Waals surface area contributed by atoms with Crippen LogP contribution in [0.5, 0.6) is 0 Å². The maximum absolute atomic E-state index is 11.7. The molecule has 1 amide bonds. The minimum Gasteiger partial charge on any atom is -0.396 e. The molecule has 4 heteroatoms. The van der Waals surface area contributed by atoms with E-state index in [2.05, 4.69) is 5.32 Å². The molecule has 1 saturated carbocycles. The summed E-state index contributed by atoms with van der Waals surface area (Å²) in [5.41, 5.74) is 5.42. The van der Waals surface area contributed by atoms with Gasteiger partial charge < -0.3 is 16.2 Å². The van der Waals surface area contributed by atoms with Crippen molar-refractivity contribution in [2.75, 3.05) is 19.7 Å². The van der Waals surface area contributed by atoms with Crippen molar-refractivity contribution in [1.82, 2.24) is 5.32 Å². The second-order valence-electron chi connectivity index (χ2n) is 5.54. The Kier molecular flexibility index (Phi) is 5.92. The summed E-state index contributed by atoms with van der Waals surface area (Å²) < 4.78 is 0. The molecule has 4 N–H and O–H groups in total. The van der Waals surface area contributed by atoms with E-state index in [0.717, 1.165) is 25.7 Å². The highest BCUT2D eigenvalue weighted by molar-refractivity contribution is 5.76. The number of aliphatic hydroxyl groups excluding tert-OH is 1. The van der Waals surface area contributed by atoms with Crippen LogP contribution in [-0.2, 0) is 4.79 Å². The summed E-state index contributed by atoms with van der Waals surface area (Å²) in [4.78, 5) is 11.7. The van der Waals surface area contributed by atoms with Crippen LogP contribution in [0.15, 0.2) is 0 Å². The molecule has 0 heterocycles. The molecule has 1 fully saturated rings. The van der Waals surface area contributed by atoms with Gasteiger partial charge >= 0.3 is 0 Å². The molecule has 1 unspecified atom stereocenters. The smallest absolute Gasteiger partial charge is 0.220 e. The maximum atomic E-state index is 11.7. The molecule has 1 atom stereocenters. The molecule has 0 spiro atoms. The monoisotopic (exact) mass is 242 g/mol. The van der Waals surface area contributed by atoms with Gasteiger partial charge in [-0.2, -0.15) is 0 Å². The molecule has 0 aromatic rings. The van der Waals surface area contributed by atoms with Crippen LogP contribution >= 0.6 is 0 Å². The fourth-order valence-corrected chi connectivity index (χ4v) is 2.45. The first-order chi connectivity index (χ1) is 8.12. The predicted molar refractivity (Wildman–Crippen MR) is 68.4 cm³/mol. The van der Waals surface area contributed by atoms with Crippen molar-refractivity contribution in [3.8, 4) is 0 Å². The summed E-state index contributed by atoms with van der Waals surface area (Å²) in [6.45, 7) is 3.31. The Bertz CT molecular complexity index is 238. The first-order valence-corrected chi connectivity index (χ1v) is 6.69. The highest BCUT2D eigenvalue weighted by Crippen LogP contribution is 2.35. The molecule has 4 nitrogen and oxygen atoms in total. The summed E-state index contributed by atoms with van der Waals surface area (Å²) in [5, 5.41) is 12.5. The minimum absolute atomic E-state index is 0.0568. The topological polar surface area (TPSA) is 75.4 Å². The molecule has 0 radical (unpaired) electrons. The highest BCUT2D eigenvalue weighted by atomic mass is 16.3. The van der Waals surface area contributed by atoms with Crippen LogP contribution < -0.4 is 11.1 Å². The zero-order valence-corrected chi connectivity index (χ0v) is 10.9. The lowest BCUT2D eigenvalue weighted by Crippen LogP contribution is -2.42. The number of nitrogens with two attached hydrogens (primary N) is 1. The summed E-state index contributed by atoms with van der Waals surface area (Å²) in [6, 6.07) is 0. The molecule has 0 bridgehead atoms. The largest absolute Gasteiger partial charge is 0.396 e. The molecule has 0 aromatic heterocycles. The summed E-state index contributed by atoms with van der Waals surface area (Å²) >= 11 is 0. The fraction of sp³-hybridized carbons (Fsp3) is 0.923. The van der Waals surface area contributed by atoms with E-state index in [0.29, 0.717) is 19.5 Å². The van der Waals surface area contributed by atoms with Gasteiger partial charge in [0, 0.05) is 18.4 Å². The summed E-state index contributed by atoms with van der Waals surface area (Å²) in [7, 11) is 0. The van der Waals surface area contributed by atoms with Gasteiger partial charge in [0.25, 0.3) is 0 Å². The quantitative estimate of drug-likeness (QED) is 0.651. The molecule has 100 valence electrons. The number of hydrogen-bond donors (Lipinski definition) is 3. The van der Waals surface area contributed by atoms with Crippen LogP contribution in [0.3, 0.4) is 0 Å². The SMILES string of the molecule is CC(CN)CC(=O)NCC1(CO)CCCCC1. The highest BCUT2D eigenvalue weighted by Gasteiger charge is 2.31. The Balaban J connectivity index is 2.34. The molecule has 1 aliphatic rings. The third-order valence-corrected chi connectivity index (χ3v) is 3.85. The van der Waals surface area contributed by atoms with Crippen molar-refractivity contribution in [3.05, 3.63) is 0 Å². The molecule has 0 aliphatic heterocycles. The molecule has 17 heavy (non-hydrogen) atoms. The lowest BCUT2D eigenvalue weighted by atomic mass is 9.74. The summed E-state index contributed by atoms with van der Waals surface area (Å²) in [6.07, 6.45) is 6.11. The van der Waals surface area contributed by atoms with Crippen LogP contribution in [0, 0.1) is 11.3 Å². The Morgan fingerprint density at radius 3 is 2.59 bits per heavy atom. The number of carbonyl (C=O) groups excluding carboxylic acids is 1. The Labute approximate surface area is 104 Å². The standard InChI is InChI=1S/C13H26N2O2/c1-11(8-14)7-12(17)15-9-13(10-16)5-3-2-4-6-13/h11,16H,2-10,14H2,1H3,(H,15,17). The van der Waals surface area contributed by atoms with Gasteiger partial charge in [0.1, 0.15) is 0 Å². The van der Waals surface area contributed by atoms with Gasteiger partial charge in [0.15, 0.2) is 0 Å². The number of aliphatic hydroxyl groups is 1. The van der Waals surface area contributed by atoms with Crippen LogP contribution in [-0.4, -0.2) is 30.7 Å². The molecule has 1 aliphatic carbocycles. The van der Waals surface area contributed by atoms with E-state index in [1.807, 2.05) is 6.92 Å². The zero-order chi connectivity index (χ0) is 12.7. The number of rotatable bonds is 6. The average molecular weight is 242 g/mol. The van der Waals surface area contributed by atoms with Gasteiger partial charge in [-0.3, -0.25) is 4.79 Å². The molecule has 1 rings (SSSR count). The molecular formula is C13H26N2O2. The predicted octanol–water partition coefficient (Wildman–Crippen LogP) is 1.03. The first-order valence-electron chi connectivity index (χ1n) is 6.69. The summed E-state index contributed by atoms with van der Waals surface area (Å²) in [5.74, 6) is 0.285. The van der Waals surface area contributed by atoms with Gasteiger partial charge in [-0.15, -0.1) is 0 Å². The van der Waals surface area contributed by atoms with Crippen molar-refractivity contribution in [2.45, 2.75) is 45.4 Å². The lowest BCUT2D eigenvalue weighted by Gasteiger charge is -2.35. The first kappa shape index (κ1) is 14.5. The van der Waals surface area contributed by atoms with Gasteiger partial charge in [0.05, 0.1) is 6.61 Å². The number of hydrogen-bond acceptors (Lipinski definition) is 3. The van der Waals surface area contributed by atoms with Gasteiger partial charge in [-0.1, -0.05) is 26.2 Å². The number of nitrogens with one attached hydrogen (secondary N) is 1. The van der Waals surface area contributed by atoms with Crippen molar-refractivity contribution in [3.63, 3.8) is 0 Å². The Hall–Kier alpha value is -0.610. The van der Waals surface area contributed by atoms with Crippen molar-refractivity contribution in [2.24, 2.45) is 17.1 Å². The van der Waals surface area contributed by atoms with E-state index in [4.69, 9.17) is 5.73 Å². The molecular weight excluding hydrogens is 216 g/mol. The van der Waals surface area contributed by atoms with Crippen molar-refractivity contribution in [1.29, 1.82) is 0 Å². The van der Waals surface area contributed by atoms with Crippen LogP contribution in [0.25, 0.3) is 0 Å². The van der Waals surface area contributed by atoms with Crippen LogP contribution in [0.2, 0.25) is 0 Å². The second-order valence-corrected chi connectivity index (χ2v) is 5.54. The third kappa shape index (κ3) is 4.64. The van der Waals surface area contributed by atoms with Gasteiger partial charge in [0.2, 0.25) is 5.91 Å². The number of amides is 1. The second kappa shape index (κ2) is 6.97. The maximum Gasteiger partial charge on any atom is 0.220 e. The van der Waals surface area contributed by atoms with Crippen LogP contribution in [0.4, 0.5) is 0 Å². The van der Waals surface area contributed by atoms with Gasteiger partial charge in [-0.05, 0) is 25.3 Å². The van der Waals surface area contributed by atoms with E-state index >= 15 is 0 Å². The number of carbonyl (C=O) groups is 1.